The SMILES string of the molecule is COc1cc2c(cc1OC)C(CC#N)N(CC1C(=O)OC3CC4=CCCC(C)C4(C)C(O)C31)CC2. The molecule has 7 heteroatoms. The summed E-state index contributed by atoms with van der Waals surface area (Å²) < 4.78 is 16.9. The largest absolute Gasteiger partial charge is 0.493 e. The predicted octanol–water partition coefficient (Wildman–Crippen LogP) is 3.80. The zero-order valence-electron chi connectivity index (χ0n) is 21.1. The van der Waals surface area contributed by atoms with Crippen molar-refractivity contribution >= 4 is 5.97 Å². The van der Waals surface area contributed by atoms with E-state index in [1.54, 1.807) is 14.2 Å². The van der Waals surface area contributed by atoms with Gasteiger partial charge in [-0.1, -0.05) is 25.5 Å². The number of carbonyl (C=O) groups excluding carboxylic acids is 1. The second-order valence-corrected chi connectivity index (χ2v) is 10.8. The van der Waals surface area contributed by atoms with Crippen LogP contribution in [0.15, 0.2) is 23.8 Å². The zero-order chi connectivity index (χ0) is 24.9. The molecule has 0 amide bonds. The number of nitrogens with zero attached hydrogens (tertiary/aromatic N) is 2. The first kappa shape index (κ1) is 24.1. The van der Waals surface area contributed by atoms with Gasteiger partial charge in [-0.15, -0.1) is 0 Å². The highest BCUT2D eigenvalue weighted by Crippen LogP contribution is 2.56. The van der Waals surface area contributed by atoms with Crippen molar-refractivity contribution in [1.29, 1.82) is 5.26 Å². The van der Waals surface area contributed by atoms with Gasteiger partial charge in [0.25, 0.3) is 0 Å². The number of aliphatic hydroxyl groups is 1. The summed E-state index contributed by atoms with van der Waals surface area (Å²) in [6, 6.07) is 6.15. The molecule has 0 bridgehead atoms. The number of benzene rings is 1. The van der Waals surface area contributed by atoms with Crippen molar-refractivity contribution in [1.82, 2.24) is 4.90 Å². The molecule has 7 unspecified atom stereocenters. The number of carbonyl (C=O) groups is 1. The van der Waals surface area contributed by atoms with E-state index in [4.69, 9.17) is 14.2 Å². The van der Waals surface area contributed by atoms with E-state index in [1.165, 1.54) is 5.57 Å². The molecule has 0 radical (unpaired) electrons. The normalized spacial score (nSPS) is 36.2. The molecule has 7 atom stereocenters. The second-order valence-electron chi connectivity index (χ2n) is 10.8. The summed E-state index contributed by atoms with van der Waals surface area (Å²) in [5.41, 5.74) is 3.10. The van der Waals surface area contributed by atoms with E-state index in [2.05, 4.69) is 30.9 Å². The quantitative estimate of drug-likeness (QED) is 0.506. The summed E-state index contributed by atoms with van der Waals surface area (Å²) in [6.07, 6.45) is 5.23. The Morgan fingerprint density at radius 1 is 1.29 bits per heavy atom. The van der Waals surface area contributed by atoms with Crippen LogP contribution in [0.4, 0.5) is 0 Å². The van der Waals surface area contributed by atoms with Crippen molar-refractivity contribution in [3.63, 3.8) is 0 Å². The summed E-state index contributed by atoms with van der Waals surface area (Å²) in [6.45, 7) is 5.58. The molecule has 7 nitrogen and oxygen atoms in total. The Labute approximate surface area is 207 Å². The minimum Gasteiger partial charge on any atom is -0.493 e. The van der Waals surface area contributed by atoms with E-state index in [9.17, 15) is 15.2 Å². The van der Waals surface area contributed by atoms with E-state index in [0.29, 0.717) is 36.8 Å². The van der Waals surface area contributed by atoms with Crippen molar-refractivity contribution < 1.29 is 24.1 Å². The molecule has 1 saturated carbocycles. The third-order valence-electron chi connectivity index (χ3n) is 9.40. The molecule has 1 saturated heterocycles. The molecule has 0 aromatic heterocycles. The Bertz CT molecular complexity index is 1080. The summed E-state index contributed by atoms with van der Waals surface area (Å²) in [5, 5.41) is 21.4. The summed E-state index contributed by atoms with van der Waals surface area (Å²) in [4.78, 5) is 15.4. The fraction of sp³-hybridized carbons (Fsp3) is 0.643. The smallest absolute Gasteiger partial charge is 0.311 e. The number of esters is 1. The molecule has 2 aliphatic carbocycles. The number of ether oxygens (including phenoxy) is 3. The molecule has 2 fully saturated rings. The van der Waals surface area contributed by atoms with Gasteiger partial charge in [0.1, 0.15) is 6.10 Å². The number of rotatable bonds is 5. The maximum absolute atomic E-state index is 13.2. The van der Waals surface area contributed by atoms with Crippen molar-refractivity contribution in [3.05, 3.63) is 34.9 Å². The Balaban J connectivity index is 1.44. The van der Waals surface area contributed by atoms with Crippen LogP contribution in [0, 0.1) is 34.5 Å². The Hall–Kier alpha value is -2.56. The minimum absolute atomic E-state index is 0.157. The van der Waals surface area contributed by atoms with Gasteiger partial charge in [0.2, 0.25) is 0 Å². The van der Waals surface area contributed by atoms with Crippen LogP contribution in [-0.2, 0) is 16.0 Å². The second kappa shape index (κ2) is 9.15. The van der Waals surface area contributed by atoms with Crippen LogP contribution in [0.1, 0.15) is 56.7 Å². The van der Waals surface area contributed by atoms with Gasteiger partial charge in [0.15, 0.2) is 11.5 Å². The monoisotopic (exact) mass is 480 g/mol. The van der Waals surface area contributed by atoms with E-state index >= 15 is 0 Å². The van der Waals surface area contributed by atoms with Crippen molar-refractivity contribution in [2.24, 2.45) is 23.2 Å². The molecular formula is C28H36N2O5. The van der Waals surface area contributed by atoms with Gasteiger partial charge in [0, 0.05) is 36.9 Å². The van der Waals surface area contributed by atoms with E-state index in [-0.39, 0.29) is 29.4 Å². The number of hydrogen-bond acceptors (Lipinski definition) is 7. The van der Waals surface area contributed by atoms with Crippen LogP contribution in [0.25, 0.3) is 0 Å². The molecule has 1 aromatic rings. The topological polar surface area (TPSA) is 92.0 Å². The van der Waals surface area contributed by atoms with E-state index < -0.39 is 12.0 Å². The molecular weight excluding hydrogens is 444 g/mol. The van der Waals surface area contributed by atoms with Crippen molar-refractivity contribution in [2.45, 2.75) is 64.2 Å². The van der Waals surface area contributed by atoms with Crippen LogP contribution < -0.4 is 9.47 Å². The van der Waals surface area contributed by atoms with Crippen LogP contribution in [0.5, 0.6) is 11.5 Å². The number of aliphatic hydroxyl groups excluding tert-OH is 1. The summed E-state index contributed by atoms with van der Waals surface area (Å²) in [7, 11) is 3.23. The lowest BCUT2D eigenvalue weighted by atomic mass is 9.55. The van der Waals surface area contributed by atoms with Gasteiger partial charge >= 0.3 is 5.97 Å². The van der Waals surface area contributed by atoms with Crippen molar-refractivity contribution in [2.75, 3.05) is 27.3 Å². The number of methoxy groups -OCH3 is 2. The van der Waals surface area contributed by atoms with Gasteiger partial charge in [-0.25, -0.2) is 0 Å². The first-order valence-corrected chi connectivity index (χ1v) is 12.8. The standard InChI is InChI=1S/C28H36N2O5/c1-16-6-5-7-18-13-24-25(26(31)28(16,18)2)20(27(32)35-24)15-30-11-9-17-12-22(33-3)23(34-4)14-19(17)21(30)8-10-29/h7,12,14,16,20-21,24-26,31H,5-6,8-9,11,13,15H2,1-4H3. The van der Waals surface area contributed by atoms with Crippen LogP contribution in [-0.4, -0.2) is 55.5 Å². The van der Waals surface area contributed by atoms with E-state index in [0.717, 1.165) is 36.9 Å². The summed E-state index contributed by atoms with van der Waals surface area (Å²) >= 11 is 0. The molecule has 35 heavy (non-hydrogen) atoms. The first-order chi connectivity index (χ1) is 16.8. The number of allylic oxidation sites excluding steroid dienone is 1. The molecule has 1 N–H and O–H groups in total. The number of nitriles is 1. The van der Waals surface area contributed by atoms with Gasteiger partial charge in [-0.2, -0.15) is 5.26 Å². The highest BCUT2D eigenvalue weighted by molar-refractivity contribution is 5.76. The fourth-order valence-corrected chi connectivity index (χ4v) is 7.15. The third-order valence-corrected chi connectivity index (χ3v) is 9.40. The molecule has 1 aromatic carbocycles. The predicted molar refractivity (Wildman–Crippen MR) is 130 cm³/mol. The van der Waals surface area contributed by atoms with Gasteiger partial charge < -0.3 is 19.3 Å². The van der Waals surface area contributed by atoms with Crippen LogP contribution in [0.3, 0.4) is 0 Å². The van der Waals surface area contributed by atoms with Crippen LogP contribution in [0.2, 0.25) is 0 Å². The molecule has 2 aliphatic heterocycles. The van der Waals surface area contributed by atoms with Gasteiger partial charge in [-0.05, 0) is 48.4 Å². The average molecular weight is 481 g/mol. The maximum atomic E-state index is 13.2. The number of hydrogen-bond donors (Lipinski definition) is 1. The average Bonchev–Trinajstić information content (AvgIpc) is 3.16. The fourth-order valence-electron chi connectivity index (χ4n) is 7.15. The van der Waals surface area contributed by atoms with E-state index in [1.807, 2.05) is 12.1 Å². The molecule has 5 rings (SSSR count). The molecule has 4 aliphatic rings. The Morgan fingerprint density at radius 3 is 2.74 bits per heavy atom. The molecule has 188 valence electrons. The minimum atomic E-state index is -0.630. The lowest BCUT2D eigenvalue weighted by Crippen LogP contribution is -2.55. The highest BCUT2D eigenvalue weighted by atomic mass is 16.6. The van der Waals surface area contributed by atoms with Crippen molar-refractivity contribution in [3.8, 4) is 17.6 Å². The molecule has 0 spiro atoms. The van der Waals surface area contributed by atoms with Gasteiger partial charge in [-0.3, -0.25) is 9.69 Å². The maximum Gasteiger partial charge on any atom is 0.311 e. The third kappa shape index (κ3) is 3.73. The van der Waals surface area contributed by atoms with Gasteiger partial charge in [0.05, 0.1) is 38.7 Å². The van der Waals surface area contributed by atoms with Crippen LogP contribution >= 0.6 is 0 Å². The lowest BCUT2D eigenvalue weighted by Gasteiger charge is -2.52. The Kier molecular flexibility index (Phi) is 6.31. The lowest BCUT2D eigenvalue weighted by molar-refractivity contribution is -0.145. The molecule has 2 heterocycles. The first-order valence-electron chi connectivity index (χ1n) is 12.8. The number of fused-ring (bicyclic) bond motifs is 3. The summed E-state index contributed by atoms with van der Waals surface area (Å²) in [5.74, 6) is 0.804. The Morgan fingerprint density at radius 2 is 2.03 bits per heavy atom. The zero-order valence-corrected chi connectivity index (χ0v) is 21.1. The highest BCUT2D eigenvalue weighted by Gasteiger charge is 2.60.